The minimum atomic E-state index is -0.735. The maximum absolute atomic E-state index is 13.6. The highest BCUT2D eigenvalue weighted by Gasteiger charge is 2.56. The van der Waals surface area contributed by atoms with E-state index in [-0.39, 0.29) is 52.7 Å². The number of ether oxygens (including phenoxy) is 2. The van der Waals surface area contributed by atoms with Crippen LogP contribution in [0.3, 0.4) is 0 Å². The predicted octanol–water partition coefficient (Wildman–Crippen LogP) is 15.3. The molecule has 2 saturated heterocycles. The fraction of sp³-hybridized carbons (Fsp3) is 0.710. The molecule has 0 bridgehead atoms. The summed E-state index contributed by atoms with van der Waals surface area (Å²) in [5.74, 6) is 0.825. The van der Waals surface area contributed by atoms with Crippen molar-refractivity contribution >= 4 is 23.5 Å². The molecule has 11 unspecified atom stereocenters. The van der Waals surface area contributed by atoms with Crippen molar-refractivity contribution in [2.45, 2.75) is 247 Å². The van der Waals surface area contributed by atoms with Gasteiger partial charge >= 0.3 is 11.9 Å². The van der Waals surface area contributed by atoms with Crippen molar-refractivity contribution in [2.24, 2.45) is 23.7 Å². The van der Waals surface area contributed by atoms with E-state index >= 15 is 0 Å². The van der Waals surface area contributed by atoms with E-state index in [4.69, 9.17) is 19.1 Å². The monoisotopic (exact) mass is 1000 g/mol. The van der Waals surface area contributed by atoms with Crippen molar-refractivity contribution < 1.29 is 38.3 Å². The third-order valence-electron chi connectivity index (χ3n) is 16.9. The Morgan fingerprint density at radius 1 is 0.639 bits per heavy atom. The summed E-state index contributed by atoms with van der Waals surface area (Å²) in [6.07, 6.45) is 14.2. The Labute approximate surface area is 439 Å². The number of unbranched alkanes of at least 4 members (excludes halogenated alkanes) is 2. The summed E-state index contributed by atoms with van der Waals surface area (Å²) in [6.45, 7) is 38.2. The van der Waals surface area contributed by atoms with Gasteiger partial charge in [-0.2, -0.15) is 10.1 Å². The number of carbonyl (C=O) groups is 4. The molecule has 2 aliphatic rings. The Morgan fingerprint density at radius 2 is 1.06 bits per heavy atom. The number of Topliss-reactive ketones (excluding diaryl/α,β-unsaturated/α-hetero) is 2. The predicted molar refractivity (Wildman–Crippen MR) is 295 cm³/mol. The van der Waals surface area contributed by atoms with E-state index in [1.807, 2.05) is 55.3 Å². The number of ketones is 2. The Hall–Kier alpha value is -3.70. The first-order valence-electron chi connectivity index (χ1n) is 28.1. The Kier molecular flexibility index (Phi) is 28.0. The zero-order valence-corrected chi connectivity index (χ0v) is 48.3. The van der Waals surface area contributed by atoms with Crippen LogP contribution in [0.15, 0.2) is 73.3 Å². The third kappa shape index (κ3) is 17.7. The van der Waals surface area contributed by atoms with Crippen molar-refractivity contribution in [3.05, 3.63) is 84.4 Å². The number of hydrogen-bond donors (Lipinski definition) is 0. The van der Waals surface area contributed by atoms with Crippen LogP contribution in [-0.4, -0.2) is 75.1 Å². The number of hydrogen-bond acceptors (Lipinski definition) is 10. The molecular formula is C62H102N2O8. The fourth-order valence-corrected chi connectivity index (χ4v) is 10.3. The smallest absolute Gasteiger partial charge is 0.337 e. The van der Waals surface area contributed by atoms with Crippen molar-refractivity contribution in [2.75, 3.05) is 13.2 Å². The molecule has 2 heterocycles. The van der Waals surface area contributed by atoms with Gasteiger partial charge in [0.15, 0.2) is 6.10 Å². The molecule has 0 radical (unpaired) electrons. The quantitative estimate of drug-likeness (QED) is 0.0667. The van der Waals surface area contributed by atoms with Gasteiger partial charge in [-0.25, -0.2) is 9.59 Å². The van der Waals surface area contributed by atoms with E-state index in [1.54, 1.807) is 0 Å². The molecule has 0 aromatic heterocycles. The van der Waals surface area contributed by atoms with Crippen LogP contribution >= 0.6 is 0 Å². The molecule has 10 heteroatoms. The summed E-state index contributed by atoms with van der Waals surface area (Å²) in [7, 11) is 0. The van der Waals surface area contributed by atoms with Gasteiger partial charge in [-0.3, -0.25) is 19.3 Å². The second-order valence-corrected chi connectivity index (χ2v) is 22.0. The second kappa shape index (κ2) is 31.2. The summed E-state index contributed by atoms with van der Waals surface area (Å²) in [5.41, 5.74) is 0.832. The second-order valence-electron chi connectivity index (χ2n) is 22.0. The maximum Gasteiger partial charge on any atom is 0.337 e. The van der Waals surface area contributed by atoms with Gasteiger partial charge in [0.25, 0.3) is 0 Å². The van der Waals surface area contributed by atoms with E-state index < -0.39 is 17.2 Å². The van der Waals surface area contributed by atoms with Crippen molar-refractivity contribution in [1.29, 1.82) is 0 Å². The number of hydroxylamine groups is 4. The van der Waals surface area contributed by atoms with Crippen LogP contribution in [0.25, 0.3) is 0 Å². The molecule has 2 fully saturated rings. The van der Waals surface area contributed by atoms with Crippen LogP contribution in [0.1, 0.15) is 230 Å². The number of benzene rings is 2. The minimum absolute atomic E-state index is 0.0184. The van der Waals surface area contributed by atoms with Crippen LogP contribution in [-0.2, 0) is 38.3 Å². The lowest BCUT2D eigenvalue weighted by molar-refractivity contribution is -0.315. The van der Waals surface area contributed by atoms with Crippen LogP contribution in [0.4, 0.5) is 0 Å². The summed E-state index contributed by atoms with van der Waals surface area (Å²) >= 11 is 0. The first-order chi connectivity index (χ1) is 34.1. The Bertz CT molecular complexity index is 1910. The molecular weight excluding hydrogens is 901 g/mol. The van der Waals surface area contributed by atoms with Gasteiger partial charge in [-0.15, -0.1) is 0 Å². The molecule has 2 aromatic rings. The van der Waals surface area contributed by atoms with E-state index in [0.717, 1.165) is 69.8 Å². The largest absolute Gasteiger partial charge is 0.463 e. The average Bonchev–Trinajstić information content (AvgIpc) is 3.40. The summed E-state index contributed by atoms with van der Waals surface area (Å²) in [5, 5.41) is 4.17. The molecule has 0 saturated carbocycles. The van der Waals surface area contributed by atoms with Gasteiger partial charge in [0.2, 0.25) is 0 Å². The van der Waals surface area contributed by atoms with Crippen molar-refractivity contribution in [1.82, 2.24) is 10.1 Å². The van der Waals surface area contributed by atoms with Gasteiger partial charge < -0.3 is 9.47 Å². The Morgan fingerprint density at radius 3 is 1.44 bits per heavy atom. The van der Waals surface area contributed by atoms with Crippen molar-refractivity contribution in [3.8, 4) is 0 Å². The van der Waals surface area contributed by atoms with Gasteiger partial charge in [0, 0.05) is 30.8 Å². The van der Waals surface area contributed by atoms with E-state index in [1.165, 1.54) is 24.5 Å². The van der Waals surface area contributed by atoms with Gasteiger partial charge in [-0.05, 0) is 108 Å². The van der Waals surface area contributed by atoms with E-state index in [2.05, 4.69) is 133 Å². The molecule has 0 amide bonds. The van der Waals surface area contributed by atoms with Crippen LogP contribution in [0.5, 0.6) is 0 Å². The van der Waals surface area contributed by atoms with Crippen LogP contribution in [0.2, 0.25) is 0 Å². The lowest BCUT2D eigenvalue weighted by Crippen LogP contribution is -2.67. The zero-order valence-electron chi connectivity index (χ0n) is 48.3. The molecule has 2 aromatic carbocycles. The number of piperidine rings is 2. The molecule has 2 aliphatic heterocycles. The number of carbonyl (C=O) groups excluding carboxylic acids is 4. The Balaban J connectivity index is 0.000000419. The average molecular weight is 1000 g/mol. The first-order valence-corrected chi connectivity index (χ1v) is 28.1. The maximum atomic E-state index is 13.6. The van der Waals surface area contributed by atoms with E-state index in [0.29, 0.717) is 50.1 Å². The minimum Gasteiger partial charge on any atom is -0.463 e. The van der Waals surface area contributed by atoms with Crippen LogP contribution in [0, 0.1) is 23.7 Å². The topological polar surface area (TPSA) is 112 Å². The molecule has 11 atom stereocenters. The molecule has 72 heavy (non-hydrogen) atoms. The molecule has 408 valence electrons. The highest BCUT2D eigenvalue weighted by Crippen LogP contribution is 2.47. The highest BCUT2D eigenvalue weighted by atomic mass is 16.7. The fourth-order valence-electron chi connectivity index (χ4n) is 10.3. The molecule has 10 nitrogen and oxygen atoms in total. The summed E-state index contributed by atoms with van der Waals surface area (Å²) < 4.78 is 10.9. The highest BCUT2D eigenvalue weighted by molar-refractivity contribution is 5.85. The van der Waals surface area contributed by atoms with E-state index in [9.17, 15) is 19.2 Å². The summed E-state index contributed by atoms with van der Waals surface area (Å²) in [4.78, 5) is 63.1. The molecule has 0 spiro atoms. The SMILES string of the molecule is C=CC(=O)OCC(CC)CCCC.CCC1(C)CC(=O)C(C)C(C)(CC)N1OC(C)c1ccccc1.CCCCC(CC)COC(=O)C(CC(C)c1ccccc1)ON1C(C)(CC)CC(=O)C(C)C1(C)CC. The molecule has 4 rings (SSSR count). The normalized spacial score (nSPS) is 26.7. The van der Waals surface area contributed by atoms with Gasteiger partial charge in [0.1, 0.15) is 17.7 Å². The zero-order chi connectivity index (χ0) is 54.3. The van der Waals surface area contributed by atoms with Gasteiger partial charge in [-0.1, -0.05) is 182 Å². The number of esters is 2. The van der Waals surface area contributed by atoms with Crippen LogP contribution < -0.4 is 0 Å². The molecule has 0 aliphatic carbocycles. The lowest BCUT2D eigenvalue weighted by Gasteiger charge is -2.56. The standard InChI is InChI=1S/C31H51NO4.C20H31NO2.C11H20O2/c1-9-13-17-25(10-2)22-35-29(34)28(20-23(5)26-18-15-14-16-19-26)36-32-30(7,11-3)21-27(33)24(6)31(32,8)12-4;1-7-19(5)14-18(22)15(3)20(6,8-2)21(19)23-16(4)17-12-10-9-11-13-17;1-4-7-8-10(5-2)9-13-11(12)6-3/h14-16,18-19,23-25,28H,9-13,17,20-22H2,1-8H3;9-13,15-16H,7-8,14H2,1-6H3;6,10H,3-5,7-9H2,1-2H3. The lowest BCUT2D eigenvalue weighted by atomic mass is 9.70. The number of nitrogens with zero attached hydrogens (tertiary/aromatic N) is 2. The third-order valence-corrected chi connectivity index (χ3v) is 16.9. The number of rotatable bonds is 26. The molecule has 0 N–H and O–H groups in total. The first kappa shape index (κ1) is 64.4. The van der Waals surface area contributed by atoms with Gasteiger partial charge in [0.05, 0.1) is 35.4 Å². The van der Waals surface area contributed by atoms with Crippen molar-refractivity contribution in [3.63, 3.8) is 0 Å². The summed E-state index contributed by atoms with van der Waals surface area (Å²) in [6, 6.07) is 20.5.